The molecule has 0 radical (unpaired) electrons. The van der Waals surface area contributed by atoms with E-state index in [0.717, 1.165) is 30.7 Å². The van der Waals surface area contributed by atoms with Crippen molar-refractivity contribution in [3.8, 4) is 23.5 Å². The van der Waals surface area contributed by atoms with E-state index in [1.165, 1.54) is 12.4 Å². The van der Waals surface area contributed by atoms with Crippen LogP contribution in [0.5, 0.6) is 0 Å². The largest absolute Gasteiger partial charge is 0.416 e. The number of halogens is 12. The molecule has 18 heteroatoms. The van der Waals surface area contributed by atoms with E-state index in [1.807, 2.05) is 12.1 Å². The number of rotatable bonds is 5. The van der Waals surface area contributed by atoms with Crippen LogP contribution in [-0.4, -0.2) is 9.13 Å². The molecule has 0 amide bonds. The summed E-state index contributed by atoms with van der Waals surface area (Å²) in [6, 6.07) is 6.43. The summed E-state index contributed by atoms with van der Waals surface area (Å²) in [5, 5.41) is 17.5. The van der Waals surface area contributed by atoms with E-state index >= 15 is 0 Å². The Balaban J connectivity index is 1.73. The third-order valence-electron chi connectivity index (χ3n) is 5.44. The molecule has 2 aromatic carbocycles. The Hall–Kier alpha value is -2.00. The quantitative estimate of drug-likeness (QED) is 0.151. The van der Waals surface area contributed by atoms with E-state index < -0.39 is 23.5 Å². The van der Waals surface area contributed by atoms with Crippen LogP contribution in [0.2, 0.25) is 30.4 Å². The van der Waals surface area contributed by atoms with E-state index in [4.69, 9.17) is 69.6 Å². The monoisotopic (exact) mass is 738 g/mol. The van der Waals surface area contributed by atoms with Gasteiger partial charge in [0.2, 0.25) is 0 Å². The number of hydrogen-bond donors (Lipinski definition) is 0. The van der Waals surface area contributed by atoms with Gasteiger partial charge in [0, 0.05) is 12.4 Å². The van der Waals surface area contributed by atoms with Crippen molar-refractivity contribution in [2.75, 3.05) is 0 Å². The Labute approximate surface area is 270 Å². The lowest BCUT2D eigenvalue weighted by Crippen LogP contribution is -2.06. The summed E-state index contributed by atoms with van der Waals surface area (Å²) >= 11 is 37.1. The summed E-state index contributed by atoms with van der Waals surface area (Å²) in [5.74, 6) is 0. The van der Waals surface area contributed by atoms with Crippen LogP contribution in [0, 0.1) is 22.7 Å². The zero-order valence-corrected chi connectivity index (χ0v) is 25.8. The molecule has 0 bridgehead atoms. The van der Waals surface area contributed by atoms with Gasteiger partial charge in [0.1, 0.15) is 33.6 Å². The number of alkyl halides is 6. The fourth-order valence-corrected chi connectivity index (χ4v) is 7.81. The summed E-state index contributed by atoms with van der Waals surface area (Å²) in [5.41, 5.74) is -2.56. The second-order valence-electron chi connectivity index (χ2n) is 8.02. The fourth-order valence-electron chi connectivity index (χ4n) is 3.58. The van der Waals surface area contributed by atoms with Crippen molar-refractivity contribution in [3.05, 3.63) is 89.3 Å². The highest BCUT2D eigenvalue weighted by molar-refractivity contribution is 8.76. The zero-order valence-electron chi connectivity index (χ0n) is 19.6. The topological polar surface area (TPSA) is 57.4 Å². The summed E-state index contributed by atoms with van der Waals surface area (Å²) in [7, 11) is 1.84. The van der Waals surface area contributed by atoms with Crippen LogP contribution in [0.1, 0.15) is 22.3 Å². The van der Waals surface area contributed by atoms with Gasteiger partial charge in [0.05, 0.1) is 52.4 Å². The van der Waals surface area contributed by atoms with Gasteiger partial charge >= 0.3 is 12.4 Å². The van der Waals surface area contributed by atoms with E-state index in [1.54, 1.807) is 0 Å². The molecule has 42 heavy (non-hydrogen) atoms. The first kappa shape index (κ1) is 32.9. The smallest absolute Gasteiger partial charge is 0.302 e. The number of nitriles is 2. The Kier molecular flexibility index (Phi) is 9.54. The van der Waals surface area contributed by atoms with E-state index in [0.29, 0.717) is 24.3 Å². The van der Waals surface area contributed by atoms with E-state index in [-0.39, 0.29) is 62.7 Å². The first-order chi connectivity index (χ1) is 19.5. The molecule has 2 aromatic heterocycles. The standard InChI is InChI=1S/C24H6Cl6F6N4S2/c25-13-1-9(23(31,32)33)2-14(26)19(13)39-7-17(11(5-37)21(39)29)41-42-18-8-40(22(30)12(18)6-38)20-15(27)3-10(4-16(20)28)24(34,35)36/h1-4,7-8H. The lowest BCUT2D eigenvalue weighted by molar-refractivity contribution is -0.138. The first-order valence-electron chi connectivity index (χ1n) is 10.6. The van der Waals surface area contributed by atoms with Gasteiger partial charge in [-0.1, -0.05) is 69.6 Å². The van der Waals surface area contributed by atoms with Crippen molar-refractivity contribution < 1.29 is 26.3 Å². The van der Waals surface area contributed by atoms with Crippen LogP contribution in [0.25, 0.3) is 11.4 Å². The van der Waals surface area contributed by atoms with Crippen molar-refractivity contribution in [1.29, 1.82) is 10.5 Å². The molecule has 4 aromatic rings. The molecule has 4 nitrogen and oxygen atoms in total. The Morgan fingerprint density at radius 2 is 0.857 bits per heavy atom. The van der Waals surface area contributed by atoms with Gasteiger partial charge in [0.15, 0.2) is 0 Å². The van der Waals surface area contributed by atoms with Gasteiger partial charge in [-0.2, -0.15) is 36.9 Å². The maximum absolute atomic E-state index is 13.2. The van der Waals surface area contributed by atoms with Gasteiger partial charge in [-0.15, -0.1) is 0 Å². The third kappa shape index (κ3) is 6.28. The summed E-state index contributed by atoms with van der Waals surface area (Å²) in [6.07, 6.45) is -6.81. The van der Waals surface area contributed by atoms with Crippen LogP contribution < -0.4 is 0 Å². The molecular weight excluding hydrogens is 735 g/mol. The maximum atomic E-state index is 13.2. The Morgan fingerprint density at radius 3 is 1.10 bits per heavy atom. The van der Waals surface area contributed by atoms with Crippen LogP contribution in [0.4, 0.5) is 26.3 Å². The summed E-state index contributed by atoms with van der Waals surface area (Å²) < 4.78 is 81.2. The molecule has 218 valence electrons. The molecule has 0 fully saturated rings. The molecule has 0 N–H and O–H groups in total. The van der Waals surface area contributed by atoms with Gasteiger partial charge in [-0.05, 0) is 45.9 Å². The minimum Gasteiger partial charge on any atom is -0.302 e. The minimum atomic E-state index is -4.72. The van der Waals surface area contributed by atoms with Gasteiger partial charge < -0.3 is 9.13 Å². The van der Waals surface area contributed by atoms with Crippen molar-refractivity contribution in [1.82, 2.24) is 9.13 Å². The first-order valence-corrected chi connectivity index (χ1v) is 15.0. The van der Waals surface area contributed by atoms with Gasteiger partial charge in [-0.3, -0.25) is 0 Å². The minimum absolute atomic E-state index is 0.0842. The van der Waals surface area contributed by atoms with Crippen LogP contribution in [-0.2, 0) is 12.4 Å². The molecule has 0 saturated carbocycles. The SMILES string of the molecule is N#Cc1c(SSc2cn(-c3c(Cl)cc(C(F)(F)F)cc3Cl)c(Cl)c2C#N)cn(-c2c(Cl)cc(C(F)(F)F)cc2Cl)c1Cl. The molecular formula is C24H6Cl6F6N4S2. The highest BCUT2D eigenvalue weighted by atomic mass is 35.5. The second-order valence-corrected chi connectivity index (χ2v) is 12.6. The number of benzene rings is 2. The number of nitrogens with zero attached hydrogens (tertiary/aromatic N) is 4. The van der Waals surface area contributed by atoms with Crippen molar-refractivity contribution in [2.24, 2.45) is 0 Å². The lowest BCUT2D eigenvalue weighted by Gasteiger charge is -2.14. The van der Waals surface area contributed by atoms with Crippen LogP contribution in [0.15, 0.2) is 46.5 Å². The highest BCUT2D eigenvalue weighted by Gasteiger charge is 2.34. The van der Waals surface area contributed by atoms with Crippen molar-refractivity contribution >= 4 is 91.2 Å². The average Bonchev–Trinajstić information content (AvgIpc) is 3.35. The fraction of sp³-hybridized carbons (Fsp3) is 0.0833. The van der Waals surface area contributed by atoms with Crippen LogP contribution in [0.3, 0.4) is 0 Å². The molecule has 4 rings (SSSR count). The van der Waals surface area contributed by atoms with E-state index in [2.05, 4.69) is 0 Å². The van der Waals surface area contributed by atoms with Gasteiger partial charge in [-0.25, -0.2) is 0 Å². The predicted molar refractivity (Wildman–Crippen MR) is 153 cm³/mol. The third-order valence-corrected chi connectivity index (χ3v) is 9.72. The average molecular weight is 741 g/mol. The highest BCUT2D eigenvalue weighted by Crippen LogP contribution is 2.48. The second kappa shape index (κ2) is 12.2. The molecule has 0 aliphatic rings. The normalized spacial score (nSPS) is 12.0. The molecule has 0 aliphatic heterocycles. The molecule has 0 atom stereocenters. The van der Waals surface area contributed by atoms with Crippen LogP contribution >= 0.6 is 91.2 Å². The molecule has 0 saturated heterocycles. The summed E-state index contributed by atoms with van der Waals surface area (Å²) in [6.45, 7) is 0. The maximum Gasteiger partial charge on any atom is 0.416 e. The predicted octanol–water partition coefficient (Wildman–Crippen LogP) is 11.8. The molecule has 0 unspecified atom stereocenters. The molecule has 0 spiro atoms. The molecule has 0 aliphatic carbocycles. The van der Waals surface area contributed by atoms with Crippen molar-refractivity contribution in [3.63, 3.8) is 0 Å². The zero-order chi connectivity index (χ0) is 31.3. The Bertz CT molecular complexity index is 1640. The Morgan fingerprint density at radius 1 is 0.571 bits per heavy atom. The summed E-state index contributed by atoms with van der Waals surface area (Å²) in [4.78, 5) is 0.413. The molecule has 2 heterocycles. The van der Waals surface area contributed by atoms with Crippen molar-refractivity contribution in [2.45, 2.75) is 22.1 Å². The van der Waals surface area contributed by atoms with E-state index in [9.17, 15) is 36.9 Å². The number of aromatic nitrogens is 2. The lowest BCUT2D eigenvalue weighted by atomic mass is 10.2. The number of hydrogen-bond acceptors (Lipinski definition) is 4. The van der Waals surface area contributed by atoms with Gasteiger partial charge in [0.25, 0.3) is 0 Å².